The number of primary amides is 1. The average Bonchev–Trinajstić information content (AvgIpc) is 1.81. The Hall–Kier alpha value is 0.196. The van der Waals surface area contributed by atoms with Crippen molar-refractivity contribution in [1.29, 1.82) is 0 Å². The molecule has 0 aromatic rings. The molecular formula is C5H9KN2O5S. The summed E-state index contributed by atoms with van der Waals surface area (Å²) < 4.78 is 27.2. The van der Waals surface area contributed by atoms with Crippen molar-refractivity contribution in [2.45, 2.75) is 6.92 Å². The number of urea groups is 1. The Morgan fingerprint density at radius 1 is 1.50 bits per heavy atom. The second-order valence-corrected chi connectivity index (χ2v) is 3.41. The van der Waals surface area contributed by atoms with Gasteiger partial charge in [0.15, 0.2) is 5.97 Å². The van der Waals surface area contributed by atoms with Crippen molar-refractivity contribution in [3.63, 3.8) is 0 Å². The minimum atomic E-state index is -4.13. The first kappa shape index (κ1) is 16.6. The number of carbonyl (C=O) groups excluding carboxylic acids is 2. The van der Waals surface area contributed by atoms with E-state index < -0.39 is 22.0 Å². The zero-order chi connectivity index (χ0) is 10.5. The second kappa shape index (κ2) is 7.48. The number of ether oxygens (including phenoxy) is 1. The molecule has 0 heterocycles. The van der Waals surface area contributed by atoms with Crippen molar-refractivity contribution in [2.24, 2.45) is 5.73 Å². The van der Waals surface area contributed by atoms with Gasteiger partial charge in [-0.05, 0) is 6.92 Å². The maximum absolute atomic E-state index is 10.8. The van der Waals surface area contributed by atoms with Crippen molar-refractivity contribution in [3.05, 3.63) is 5.75 Å². The van der Waals surface area contributed by atoms with Crippen LogP contribution in [0.15, 0.2) is 0 Å². The van der Waals surface area contributed by atoms with Crippen molar-refractivity contribution in [3.8, 4) is 0 Å². The van der Waals surface area contributed by atoms with Crippen LogP contribution in [0.5, 0.6) is 0 Å². The third kappa shape index (κ3) is 8.78. The molecule has 0 unspecified atom stereocenters. The maximum atomic E-state index is 10.8. The summed E-state index contributed by atoms with van der Waals surface area (Å²) in [5, 5.41) is 0. The summed E-state index contributed by atoms with van der Waals surface area (Å²) in [4.78, 5) is 20.7. The summed E-state index contributed by atoms with van der Waals surface area (Å²) in [6, 6.07) is -1.26. The fourth-order valence-corrected chi connectivity index (χ4v) is 1.13. The minimum absolute atomic E-state index is 0. The SMILES string of the molecule is CCOC(=O)[CH-]S(=O)(=O)NC(N)=O.[K+]. The molecule has 0 aliphatic carbocycles. The Morgan fingerprint density at radius 3 is 2.36 bits per heavy atom. The second-order valence-electron chi connectivity index (χ2n) is 1.88. The fourth-order valence-electron chi connectivity index (χ4n) is 0.473. The Balaban J connectivity index is 0. The van der Waals surface area contributed by atoms with Crippen LogP contribution in [0.3, 0.4) is 0 Å². The maximum Gasteiger partial charge on any atom is 1.00 e. The van der Waals surface area contributed by atoms with Crippen LogP contribution < -0.4 is 61.8 Å². The summed E-state index contributed by atoms with van der Waals surface area (Å²) in [6.45, 7) is 1.56. The Kier molecular flexibility index (Phi) is 8.88. The zero-order valence-corrected chi connectivity index (χ0v) is 11.8. The van der Waals surface area contributed by atoms with E-state index in [1.54, 1.807) is 0 Å². The smallest absolute Gasteiger partial charge is 0.487 e. The van der Waals surface area contributed by atoms with E-state index in [4.69, 9.17) is 0 Å². The molecule has 14 heavy (non-hydrogen) atoms. The van der Waals surface area contributed by atoms with Crippen LogP contribution in [0.1, 0.15) is 6.92 Å². The molecular weight excluding hydrogens is 239 g/mol. The van der Waals surface area contributed by atoms with Gasteiger partial charge in [0, 0.05) is 0 Å². The topological polar surface area (TPSA) is 116 Å². The van der Waals surface area contributed by atoms with E-state index in [-0.39, 0.29) is 63.7 Å². The van der Waals surface area contributed by atoms with Crippen LogP contribution in [0.2, 0.25) is 0 Å². The molecule has 0 rings (SSSR count). The largest absolute Gasteiger partial charge is 1.00 e. The average molecular weight is 248 g/mol. The third-order valence-corrected chi connectivity index (χ3v) is 1.77. The van der Waals surface area contributed by atoms with Crippen LogP contribution in [-0.2, 0) is 19.6 Å². The number of hydrogen-bond acceptors (Lipinski definition) is 5. The quantitative estimate of drug-likeness (QED) is 0.297. The predicted molar refractivity (Wildman–Crippen MR) is 42.6 cm³/mol. The summed E-state index contributed by atoms with van der Waals surface area (Å²) in [5.74, 6) is -0.822. The number of hydrogen-bond donors (Lipinski definition) is 2. The number of carbonyl (C=O) groups is 2. The molecule has 2 amide bonds. The molecule has 0 aromatic heterocycles. The number of rotatable bonds is 4. The van der Waals surface area contributed by atoms with E-state index in [1.807, 2.05) is 0 Å². The predicted octanol–water partition coefficient (Wildman–Crippen LogP) is -4.29. The van der Waals surface area contributed by atoms with Crippen LogP contribution in [0.25, 0.3) is 0 Å². The van der Waals surface area contributed by atoms with Gasteiger partial charge in [-0.15, -0.1) is 5.75 Å². The van der Waals surface area contributed by atoms with Gasteiger partial charge < -0.3 is 10.5 Å². The normalized spacial score (nSPS) is 9.50. The van der Waals surface area contributed by atoms with Gasteiger partial charge in [0.25, 0.3) is 0 Å². The third-order valence-electron chi connectivity index (χ3n) is 0.781. The van der Waals surface area contributed by atoms with Crippen LogP contribution in [0, 0.1) is 5.75 Å². The summed E-state index contributed by atoms with van der Waals surface area (Å²) >= 11 is 0. The van der Waals surface area contributed by atoms with E-state index in [9.17, 15) is 18.0 Å². The molecule has 9 heteroatoms. The molecule has 0 fully saturated rings. The summed E-state index contributed by atoms with van der Waals surface area (Å²) in [6.07, 6.45) is 0. The number of esters is 1. The standard InChI is InChI=1S/C5H9N2O5S.K/c1-2-12-4(8)3-13(10,11)7-5(6)9;/h3H,2H2,1H3,(H3,6,7,9);/q-1;+1. The van der Waals surface area contributed by atoms with E-state index >= 15 is 0 Å². The van der Waals surface area contributed by atoms with Crippen molar-refractivity contribution in [1.82, 2.24) is 4.72 Å². The Labute approximate surface area is 124 Å². The first-order chi connectivity index (χ1) is 5.87. The molecule has 7 nitrogen and oxygen atoms in total. The van der Waals surface area contributed by atoms with Gasteiger partial charge in [-0.3, -0.25) is 9.52 Å². The molecule has 0 atom stereocenters. The fraction of sp³-hybridized carbons (Fsp3) is 0.400. The molecule has 0 aromatic carbocycles. The molecule has 0 aliphatic rings. The van der Waals surface area contributed by atoms with Crippen LogP contribution in [0.4, 0.5) is 4.79 Å². The van der Waals surface area contributed by atoms with Gasteiger partial charge >= 0.3 is 57.4 Å². The Morgan fingerprint density at radius 2 is 2.00 bits per heavy atom. The molecule has 0 radical (unpaired) electrons. The van der Waals surface area contributed by atoms with Gasteiger partial charge in [-0.1, -0.05) is 0 Å². The van der Waals surface area contributed by atoms with E-state index in [2.05, 4.69) is 10.5 Å². The molecule has 3 N–H and O–H groups in total. The number of nitrogens with two attached hydrogens (primary N) is 1. The molecule has 0 aliphatic heterocycles. The molecule has 0 spiro atoms. The van der Waals surface area contributed by atoms with E-state index in [0.29, 0.717) is 0 Å². The van der Waals surface area contributed by atoms with Crippen molar-refractivity contribution in [2.75, 3.05) is 6.61 Å². The monoisotopic (exact) mass is 248 g/mol. The number of amides is 2. The molecule has 76 valence electrons. The first-order valence-corrected chi connectivity index (χ1v) is 4.75. The van der Waals surface area contributed by atoms with Gasteiger partial charge in [0.2, 0.25) is 0 Å². The van der Waals surface area contributed by atoms with Crippen LogP contribution >= 0.6 is 0 Å². The van der Waals surface area contributed by atoms with Crippen molar-refractivity contribution >= 4 is 22.0 Å². The number of sulfonamides is 1. The van der Waals surface area contributed by atoms with E-state index in [1.165, 1.54) is 11.6 Å². The first-order valence-electron chi connectivity index (χ1n) is 3.21. The Bertz CT molecular complexity index is 301. The molecule has 0 saturated heterocycles. The van der Waals surface area contributed by atoms with E-state index in [0.717, 1.165) is 0 Å². The molecule has 0 bridgehead atoms. The summed E-state index contributed by atoms with van der Waals surface area (Å²) in [7, 11) is -4.13. The van der Waals surface area contributed by atoms with Gasteiger partial charge in [-0.2, -0.15) is 0 Å². The van der Waals surface area contributed by atoms with Gasteiger partial charge in [0.1, 0.15) is 10.0 Å². The minimum Gasteiger partial charge on any atom is -0.487 e. The van der Waals surface area contributed by atoms with Gasteiger partial charge in [-0.25, -0.2) is 13.2 Å². The van der Waals surface area contributed by atoms with Gasteiger partial charge in [0.05, 0.1) is 6.61 Å². The number of nitrogens with one attached hydrogen (secondary N) is 1. The summed E-state index contributed by atoms with van der Waals surface area (Å²) in [5.41, 5.74) is 4.53. The van der Waals surface area contributed by atoms with Crippen molar-refractivity contribution < 1.29 is 74.1 Å². The van der Waals surface area contributed by atoms with Crippen LogP contribution in [-0.4, -0.2) is 27.0 Å². The zero-order valence-electron chi connectivity index (χ0n) is 7.81. The molecule has 0 saturated carbocycles.